The molecule has 4 nitrogen and oxygen atoms in total. The van der Waals surface area contributed by atoms with Gasteiger partial charge in [0.05, 0.1) is 19.8 Å². The summed E-state index contributed by atoms with van der Waals surface area (Å²) in [5.74, 6) is 0.293. The van der Waals surface area contributed by atoms with Gasteiger partial charge >= 0.3 is 0 Å². The first-order valence-corrected chi connectivity index (χ1v) is 5.74. The van der Waals surface area contributed by atoms with E-state index in [0.29, 0.717) is 6.61 Å². The first kappa shape index (κ1) is 12.2. The highest BCUT2D eigenvalue weighted by Crippen LogP contribution is 2.27. The van der Waals surface area contributed by atoms with E-state index in [1.807, 2.05) is 32.0 Å². The number of anilines is 1. The van der Waals surface area contributed by atoms with Crippen LogP contribution in [0.2, 0.25) is 0 Å². The van der Waals surface area contributed by atoms with Crippen LogP contribution in [0.1, 0.15) is 19.4 Å². The molecule has 1 aromatic rings. The Balaban J connectivity index is 2.04. The molecule has 1 atom stereocenters. The quantitative estimate of drug-likeness (QED) is 0.817. The summed E-state index contributed by atoms with van der Waals surface area (Å²) >= 11 is 0. The summed E-state index contributed by atoms with van der Waals surface area (Å²) in [5.41, 5.74) is 7.77. The number of hydrogen-bond acceptors (Lipinski definition) is 4. The number of hydrogen-bond donors (Lipinski definition) is 1. The van der Waals surface area contributed by atoms with Gasteiger partial charge in [-0.2, -0.15) is 0 Å². The molecule has 0 unspecified atom stereocenters. The zero-order valence-electron chi connectivity index (χ0n) is 10.5. The van der Waals surface area contributed by atoms with E-state index in [2.05, 4.69) is 0 Å². The van der Waals surface area contributed by atoms with Gasteiger partial charge < -0.3 is 19.9 Å². The topological polar surface area (TPSA) is 53.7 Å². The van der Waals surface area contributed by atoms with Gasteiger partial charge in [-0.05, 0) is 25.5 Å². The van der Waals surface area contributed by atoms with E-state index in [1.54, 1.807) is 7.11 Å². The number of nitrogens with two attached hydrogens (primary N) is 1. The molecule has 1 heterocycles. The van der Waals surface area contributed by atoms with Crippen LogP contribution >= 0.6 is 0 Å². The fraction of sp³-hybridized carbons (Fsp3) is 0.538. The van der Waals surface area contributed by atoms with Crippen LogP contribution in [0.3, 0.4) is 0 Å². The summed E-state index contributed by atoms with van der Waals surface area (Å²) in [6.07, 6.45) is 0.833. The molecule has 17 heavy (non-hydrogen) atoms. The molecule has 0 aromatic heterocycles. The van der Waals surface area contributed by atoms with Crippen LogP contribution in [0.15, 0.2) is 18.2 Å². The average Bonchev–Trinajstić information content (AvgIpc) is 2.61. The van der Waals surface area contributed by atoms with Gasteiger partial charge in [0.1, 0.15) is 5.75 Å². The predicted octanol–water partition coefficient (Wildman–Crippen LogP) is 1.97. The first-order valence-electron chi connectivity index (χ1n) is 5.74. The van der Waals surface area contributed by atoms with Crippen molar-refractivity contribution in [3.63, 3.8) is 0 Å². The van der Waals surface area contributed by atoms with Gasteiger partial charge in [-0.25, -0.2) is 0 Å². The van der Waals surface area contributed by atoms with Gasteiger partial charge in [0.25, 0.3) is 0 Å². The van der Waals surface area contributed by atoms with Crippen molar-refractivity contribution in [2.45, 2.75) is 32.2 Å². The van der Waals surface area contributed by atoms with Crippen molar-refractivity contribution in [1.29, 1.82) is 0 Å². The molecule has 0 amide bonds. The zero-order chi connectivity index (χ0) is 12.5. The van der Waals surface area contributed by atoms with Crippen LogP contribution in [-0.4, -0.2) is 25.6 Å². The number of nitrogen functional groups attached to an aromatic ring is 1. The van der Waals surface area contributed by atoms with E-state index >= 15 is 0 Å². The van der Waals surface area contributed by atoms with Crippen LogP contribution in [0.5, 0.6) is 5.75 Å². The summed E-state index contributed by atoms with van der Waals surface area (Å²) in [4.78, 5) is 0. The monoisotopic (exact) mass is 237 g/mol. The van der Waals surface area contributed by atoms with Crippen molar-refractivity contribution in [2.75, 3.05) is 19.5 Å². The summed E-state index contributed by atoms with van der Waals surface area (Å²) in [7, 11) is 1.63. The predicted molar refractivity (Wildman–Crippen MR) is 66.0 cm³/mol. The van der Waals surface area contributed by atoms with Crippen molar-refractivity contribution >= 4 is 5.69 Å². The summed E-state index contributed by atoms with van der Waals surface area (Å²) < 4.78 is 16.4. The molecule has 1 aliphatic rings. The van der Waals surface area contributed by atoms with Gasteiger partial charge in [0, 0.05) is 18.2 Å². The maximum Gasteiger partial charge on any atom is 0.163 e. The molecule has 0 radical (unpaired) electrons. The maximum absolute atomic E-state index is 5.97. The molecule has 2 rings (SSSR count). The maximum atomic E-state index is 5.97. The molecule has 0 bridgehead atoms. The Bertz CT molecular complexity index is 404. The lowest BCUT2D eigenvalue weighted by molar-refractivity contribution is -0.138. The summed E-state index contributed by atoms with van der Waals surface area (Å²) in [6, 6.07) is 5.71. The standard InChI is InChI=1S/C13H19NO3/c1-13(2)16-8-11(17-13)6-9-4-5-10(15-3)7-12(9)14/h4-5,7,11H,6,8,14H2,1-3H3/t11-/m0/s1. The highest BCUT2D eigenvalue weighted by Gasteiger charge is 2.32. The SMILES string of the molecule is COc1ccc(C[C@H]2COC(C)(C)O2)c(N)c1. The fourth-order valence-corrected chi connectivity index (χ4v) is 1.99. The van der Waals surface area contributed by atoms with Crippen molar-refractivity contribution in [3.8, 4) is 5.75 Å². The minimum absolute atomic E-state index is 0.0701. The lowest BCUT2D eigenvalue weighted by Gasteiger charge is -2.17. The van der Waals surface area contributed by atoms with E-state index in [-0.39, 0.29) is 6.10 Å². The van der Waals surface area contributed by atoms with Crippen LogP contribution in [-0.2, 0) is 15.9 Å². The van der Waals surface area contributed by atoms with Gasteiger partial charge in [0.2, 0.25) is 0 Å². The molecule has 1 fully saturated rings. The third kappa shape index (κ3) is 2.90. The number of methoxy groups -OCH3 is 1. The number of benzene rings is 1. The van der Waals surface area contributed by atoms with Gasteiger partial charge in [-0.1, -0.05) is 6.07 Å². The van der Waals surface area contributed by atoms with Crippen LogP contribution in [0.4, 0.5) is 5.69 Å². The van der Waals surface area contributed by atoms with E-state index in [1.165, 1.54) is 0 Å². The van der Waals surface area contributed by atoms with Crippen molar-refractivity contribution < 1.29 is 14.2 Å². The number of rotatable bonds is 3. The molecule has 1 saturated heterocycles. The van der Waals surface area contributed by atoms with Crippen molar-refractivity contribution in [1.82, 2.24) is 0 Å². The van der Waals surface area contributed by atoms with E-state index in [9.17, 15) is 0 Å². The van der Waals surface area contributed by atoms with E-state index in [4.69, 9.17) is 19.9 Å². The normalized spacial score (nSPS) is 22.6. The number of ether oxygens (including phenoxy) is 3. The Hall–Kier alpha value is -1.26. The van der Waals surface area contributed by atoms with E-state index in [0.717, 1.165) is 23.4 Å². The van der Waals surface area contributed by atoms with Crippen molar-refractivity contribution in [2.24, 2.45) is 0 Å². The van der Waals surface area contributed by atoms with E-state index < -0.39 is 5.79 Å². The Morgan fingerprint density at radius 2 is 2.24 bits per heavy atom. The molecule has 2 N–H and O–H groups in total. The Kier molecular flexibility index (Phi) is 3.26. The first-order chi connectivity index (χ1) is 8.00. The highest BCUT2D eigenvalue weighted by atomic mass is 16.7. The average molecular weight is 237 g/mol. The minimum Gasteiger partial charge on any atom is -0.497 e. The Morgan fingerprint density at radius 3 is 2.76 bits per heavy atom. The lowest BCUT2D eigenvalue weighted by Crippen LogP contribution is -2.22. The third-order valence-electron chi connectivity index (χ3n) is 2.87. The highest BCUT2D eigenvalue weighted by molar-refractivity contribution is 5.51. The van der Waals surface area contributed by atoms with Gasteiger partial charge in [-0.3, -0.25) is 0 Å². The van der Waals surface area contributed by atoms with Crippen LogP contribution in [0, 0.1) is 0 Å². The molecule has 1 aliphatic heterocycles. The molecule has 94 valence electrons. The van der Waals surface area contributed by atoms with Crippen molar-refractivity contribution in [3.05, 3.63) is 23.8 Å². The minimum atomic E-state index is -0.480. The second kappa shape index (κ2) is 4.55. The molecular weight excluding hydrogens is 218 g/mol. The Morgan fingerprint density at radius 1 is 1.47 bits per heavy atom. The Labute approximate surface area is 102 Å². The lowest BCUT2D eigenvalue weighted by atomic mass is 10.1. The van der Waals surface area contributed by atoms with Crippen LogP contribution in [0.25, 0.3) is 0 Å². The second-order valence-electron chi connectivity index (χ2n) is 4.72. The third-order valence-corrected chi connectivity index (χ3v) is 2.87. The van der Waals surface area contributed by atoms with Gasteiger partial charge in [-0.15, -0.1) is 0 Å². The summed E-state index contributed by atoms with van der Waals surface area (Å²) in [6.45, 7) is 4.45. The molecule has 0 aliphatic carbocycles. The summed E-state index contributed by atoms with van der Waals surface area (Å²) in [5, 5.41) is 0. The molecule has 1 aromatic carbocycles. The second-order valence-corrected chi connectivity index (χ2v) is 4.72. The molecule has 4 heteroatoms. The fourth-order valence-electron chi connectivity index (χ4n) is 1.99. The largest absolute Gasteiger partial charge is 0.497 e. The molecule has 0 spiro atoms. The van der Waals surface area contributed by atoms with Gasteiger partial charge in [0.15, 0.2) is 5.79 Å². The zero-order valence-corrected chi connectivity index (χ0v) is 10.5. The smallest absolute Gasteiger partial charge is 0.163 e. The van der Waals surface area contributed by atoms with Crippen LogP contribution < -0.4 is 10.5 Å². The molecule has 0 saturated carbocycles. The molecular formula is C13H19NO3.